The monoisotopic (exact) mass is 522 g/mol. The Morgan fingerprint density at radius 1 is 1.18 bits per heavy atom. The second-order valence-corrected chi connectivity index (χ2v) is 10.9. The third-order valence-corrected chi connectivity index (χ3v) is 8.76. The summed E-state index contributed by atoms with van der Waals surface area (Å²) in [5, 5.41) is 6.41. The summed E-state index contributed by atoms with van der Waals surface area (Å²) in [6, 6.07) is 18.7. The van der Waals surface area contributed by atoms with Crippen LogP contribution in [-0.4, -0.2) is 46.0 Å². The molecule has 3 aromatic carbocycles. The van der Waals surface area contributed by atoms with E-state index in [9.17, 15) is 14.0 Å². The molecule has 6 rings (SSSR count). The first-order chi connectivity index (χ1) is 18.9. The minimum Gasteiger partial charge on any atom is -0.318 e. The van der Waals surface area contributed by atoms with Crippen LogP contribution in [0.4, 0.5) is 4.39 Å². The summed E-state index contributed by atoms with van der Waals surface area (Å²) >= 11 is 0. The van der Waals surface area contributed by atoms with E-state index >= 15 is 0 Å². The van der Waals surface area contributed by atoms with Crippen LogP contribution in [0.1, 0.15) is 41.4 Å². The highest BCUT2D eigenvalue weighted by Crippen LogP contribution is 2.53. The smallest absolute Gasteiger partial charge is 0.187 e. The van der Waals surface area contributed by atoms with Crippen molar-refractivity contribution in [3.8, 4) is 5.69 Å². The Labute approximate surface area is 226 Å². The van der Waals surface area contributed by atoms with Gasteiger partial charge in [-0.25, -0.2) is 9.07 Å². The molecule has 7 heteroatoms. The molecule has 0 aliphatic heterocycles. The largest absolute Gasteiger partial charge is 0.318 e. The summed E-state index contributed by atoms with van der Waals surface area (Å²) in [6.07, 6.45) is 7.53. The first-order valence-corrected chi connectivity index (χ1v) is 13.4. The van der Waals surface area contributed by atoms with Crippen molar-refractivity contribution in [2.45, 2.75) is 32.2 Å². The number of fused-ring (bicyclic) bond motifs is 3. The number of nitrogens with zero attached hydrogens (tertiary/aromatic N) is 3. The van der Waals surface area contributed by atoms with E-state index in [2.05, 4.69) is 18.1 Å². The van der Waals surface area contributed by atoms with Gasteiger partial charge in [-0.15, -0.1) is 0 Å². The predicted molar refractivity (Wildman–Crippen MR) is 150 cm³/mol. The molecule has 2 N–H and O–H groups in total. The van der Waals surface area contributed by atoms with Crippen molar-refractivity contribution in [1.29, 1.82) is 0 Å². The maximum atomic E-state index is 13.7. The van der Waals surface area contributed by atoms with Crippen LogP contribution in [0.25, 0.3) is 22.5 Å². The molecule has 1 aromatic heterocycles. The number of aromatic nitrogens is 2. The van der Waals surface area contributed by atoms with Gasteiger partial charge in [0.15, 0.2) is 5.78 Å². The first-order valence-electron chi connectivity index (χ1n) is 13.4. The summed E-state index contributed by atoms with van der Waals surface area (Å²) in [4.78, 5) is 27.9. The standard InChI is InChI=1S/C32H31FN4O2/c1-32-16-22-17-35-37(26-13-11-25(33)12-14-26)29(22)15-23(32)9-10-24(32)18-36(20-34)30(19-38)31(39)28-8-4-6-21-5-2-3-7-27(21)28/h2-8,11-15,17,19,24,30H,9-10,16,18,20,34H2,1H3/t24-,30?,32+/m1/s1. The topological polar surface area (TPSA) is 81.2 Å². The molecular formula is C32H31FN4O2. The van der Waals surface area contributed by atoms with Crippen LogP contribution >= 0.6 is 0 Å². The second-order valence-electron chi connectivity index (χ2n) is 10.9. The highest BCUT2D eigenvalue weighted by atomic mass is 19.1. The number of carbonyl (C=O) groups excluding carboxylic acids is 2. The van der Waals surface area contributed by atoms with Crippen LogP contribution in [-0.2, 0) is 11.2 Å². The quantitative estimate of drug-likeness (QED) is 0.149. The molecule has 2 aliphatic rings. The van der Waals surface area contributed by atoms with Gasteiger partial charge in [0.2, 0.25) is 0 Å². The molecule has 0 spiro atoms. The van der Waals surface area contributed by atoms with Crippen LogP contribution < -0.4 is 5.73 Å². The molecule has 0 saturated heterocycles. The predicted octanol–water partition coefficient (Wildman–Crippen LogP) is 5.19. The van der Waals surface area contributed by atoms with Gasteiger partial charge in [0.1, 0.15) is 18.1 Å². The Kier molecular flexibility index (Phi) is 6.49. The average Bonchev–Trinajstić information content (AvgIpc) is 3.50. The molecule has 1 fully saturated rings. The third kappa shape index (κ3) is 4.32. The maximum absolute atomic E-state index is 13.7. The highest BCUT2D eigenvalue weighted by Gasteiger charge is 2.46. The minimum atomic E-state index is -0.946. The summed E-state index contributed by atoms with van der Waals surface area (Å²) in [5.74, 6) is -0.281. The molecule has 1 heterocycles. The van der Waals surface area contributed by atoms with Crippen molar-refractivity contribution in [3.63, 3.8) is 0 Å². The number of allylic oxidation sites excluding steroid dienone is 1. The molecule has 39 heavy (non-hydrogen) atoms. The molecule has 0 radical (unpaired) electrons. The SMILES string of the molecule is C[C@]12Cc3cnn(-c4ccc(F)cc4)c3C=C1CC[C@@H]2CN(CN)C(C=O)C(=O)c1cccc2ccccc12. The summed E-state index contributed by atoms with van der Waals surface area (Å²) in [5.41, 5.74) is 10.9. The Balaban J connectivity index is 1.26. The van der Waals surface area contributed by atoms with Crippen LogP contribution in [0.2, 0.25) is 0 Å². The fourth-order valence-electron chi connectivity index (χ4n) is 6.51. The van der Waals surface area contributed by atoms with E-state index in [4.69, 9.17) is 5.73 Å². The number of halogens is 1. The van der Waals surface area contributed by atoms with E-state index in [-0.39, 0.29) is 29.6 Å². The molecule has 2 aliphatic carbocycles. The number of Topliss-reactive ketones (excluding diaryl/α,β-unsaturated/α-hetero) is 1. The van der Waals surface area contributed by atoms with E-state index < -0.39 is 6.04 Å². The fourth-order valence-corrected chi connectivity index (χ4v) is 6.51. The van der Waals surface area contributed by atoms with Crippen LogP contribution in [0.3, 0.4) is 0 Å². The van der Waals surface area contributed by atoms with Crippen molar-refractivity contribution >= 4 is 28.9 Å². The third-order valence-electron chi connectivity index (χ3n) is 8.76. The molecule has 0 bridgehead atoms. The number of ketones is 1. The molecule has 6 nitrogen and oxygen atoms in total. The summed E-state index contributed by atoms with van der Waals surface area (Å²) < 4.78 is 15.3. The van der Waals surface area contributed by atoms with E-state index in [1.54, 1.807) is 18.2 Å². The molecule has 4 aromatic rings. The zero-order valence-corrected chi connectivity index (χ0v) is 21.9. The number of rotatable bonds is 8. The number of benzene rings is 3. The van der Waals surface area contributed by atoms with Crippen molar-refractivity contribution in [2.75, 3.05) is 13.2 Å². The Morgan fingerprint density at radius 2 is 1.95 bits per heavy atom. The lowest BCUT2D eigenvalue weighted by Crippen LogP contribution is -2.49. The molecule has 0 amide bonds. The van der Waals surface area contributed by atoms with Gasteiger partial charge in [-0.1, -0.05) is 55.0 Å². The Morgan fingerprint density at radius 3 is 2.72 bits per heavy atom. The number of aldehydes is 1. The second kappa shape index (κ2) is 9.98. The molecule has 198 valence electrons. The molecule has 3 atom stereocenters. The first kappa shape index (κ1) is 25.3. The lowest BCUT2D eigenvalue weighted by Gasteiger charge is -2.39. The molecular weight excluding hydrogens is 491 g/mol. The highest BCUT2D eigenvalue weighted by molar-refractivity contribution is 6.15. The van der Waals surface area contributed by atoms with E-state index in [1.165, 1.54) is 17.7 Å². The van der Waals surface area contributed by atoms with Gasteiger partial charge in [-0.05, 0) is 77.3 Å². The van der Waals surface area contributed by atoms with Gasteiger partial charge >= 0.3 is 0 Å². The summed E-state index contributed by atoms with van der Waals surface area (Å²) in [6.45, 7) is 2.93. The maximum Gasteiger partial charge on any atom is 0.187 e. The average molecular weight is 523 g/mol. The van der Waals surface area contributed by atoms with Gasteiger partial charge in [0, 0.05) is 18.8 Å². The normalized spacial score (nSPS) is 20.9. The van der Waals surface area contributed by atoms with E-state index in [0.29, 0.717) is 12.1 Å². The van der Waals surface area contributed by atoms with Gasteiger partial charge in [-0.3, -0.25) is 9.69 Å². The number of carbonyl (C=O) groups is 2. The minimum absolute atomic E-state index is 0.110. The fraction of sp³-hybridized carbons (Fsp3) is 0.281. The van der Waals surface area contributed by atoms with E-state index in [0.717, 1.165) is 53.3 Å². The lowest BCUT2D eigenvalue weighted by atomic mass is 9.69. The molecule has 1 saturated carbocycles. The van der Waals surface area contributed by atoms with Crippen molar-refractivity contribution in [1.82, 2.24) is 14.7 Å². The Hall–Kier alpha value is -3.94. The lowest BCUT2D eigenvalue weighted by molar-refractivity contribution is -0.111. The van der Waals surface area contributed by atoms with Gasteiger partial charge in [0.05, 0.1) is 17.6 Å². The van der Waals surface area contributed by atoms with Gasteiger partial charge in [0.25, 0.3) is 0 Å². The van der Waals surface area contributed by atoms with Crippen LogP contribution in [0, 0.1) is 17.2 Å². The number of hydrogen-bond acceptors (Lipinski definition) is 5. The van der Waals surface area contributed by atoms with Crippen LogP contribution in [0.5, 0.6) is 0 Å². The number of nitrogens with two attached hydrogens (primary N) is 1. The van der Waals surface area contributed by atoms with Gasteiger partial charge in [-0.2, -0.15) is 5.10 Å². The Bertz CT molecular complexity index is 1590. The van der Waals surface area contributed by atoms with Crippen molar-refractivity contribution in [3.05, 3.63) is 101 Å². The zero-order valence-electron chi connectivity index (χ0n) is 21.9. The zero-order chi connectivity index (χ0) is 27.1. The molecule has 1 unspecified atom stereocenters. The number of hydrogen-bond donors (Lipinski definition) is 1. The van der Waals surface area contributed by atoms with Crippen molar-refractivity contribution < 1.29 is 14.0 Å². The van der Waals surface area contributed by atoms with E-state index in [1.807, 2.05) is 52.2 Å². The van der Waals surface area contributed by atoms with Crippen LogP contribution in [0.15, 0.2) is 78.5 Å². The van der Waals surface area contributed by atoms with Gasteiger partial charge < -0.3 is 10.5 Å². The van der Waals surface area contributed by atoms with Crippen molar-refractivity contribution in [2.24, 2.45) is 17.1 Å². The summed E-state index contributed by atoms with van der Waals surface area (Å²) in [7, 11) is 0.